The molecule has 0 unspecified atom stereocenters. The zero-order valence-corrected chi connectivity index (χ0v) is 15.6. The van der Waals surface area contributed by atoms with Crippen molar-refractivity contribution in [3.63, 3.8) is 0 Å². The summed E-state index contributed by atoms with van der Waals surface area (Å²) < 4.78 is 1.90. The summed E-state index contributed by atoms with van der Waals surface area (Å²) in [6.45, 7) is 7.02. The topological polar surface area (TPSA) is 88.1 Å². The molecule has 1 aliphatic heterocycles. The van der Waals surface area contributed by atoms with E-state index in [9.17, 15) is 9.59 Å². The van der Waals surface area contributed by atoms with Crippen molar-refractivity contribution < 1.29 is 9.59 Å². The van der Waals surface area contributed by atoms with E-state index in [2.05, 4.69) is 34.9 Å². The molecule has 0 spiro atoms. The van der Waals surface area contributed by atoms with Crippen LogP contribution < -0.4 is 16.0 Å². The van der Waals surface area contributed by atoms with Gasteiger partial charge in [0.2, 0.25) is 5.91 Å². The molecule has 1 aliphatic rings. The van der Waals surface area contributed by atoms with Gasteiger partial charge in [-0.2, -0.15) is 5.10 Å². The van der Waals surface area contributed by atoms with Crippen molar-refractivity contribution in [2.45, 2.75) is 51.7 Å². The van der Waals surface area contributed by atoms with Crippen LogP contribution in [0.5, 0.6) is 0 Å². The lowest BCUT2D eigenvalue weighted by molar-refractivity contribution is -0.118. The van der Waals surface area contributed by atoms with E-state index in [4.69, 9.17) is 0 Å². The molecule has 1 aromatic heterocycles. The van der Waals surface area contributed by atoms with Crippen LogP contribution in [0.2, 0.25) is 0 Å². The largest absolute Gasteiger partial charge is 0.356 e. The number of fused-ring (bicyclic) bond motifs is 1. The fourth-order valence-corrected chi connectivity index (χ4v) is 3.48. The Morgan fingerprint density at radius 2 is 2.12 bits per heavy atom. The lowest BCUT2D eigenvalue weighted by atomic mass is 10.1. The van der Waals surface area contributed by atoms with Gasteiger partial charge in [-0.3, -0.25) is 14.3 Å². The van der Waals surface area contributed by atoms with Gasteiger partial charge in [0, 0.05) is 43.5 Å². The number of benzene rings is 1. The zero-order valence-electron chi connectivity index (χ0n) is 15.6. The minimum Gasteiger partial charge on any atom is -0.356 e. The van der Waals surface area contributed by atoms with Gasteiger partial charge in [0.1, 0.15) is 0 Å². The van der Waals surface area contributed by atoms with E-state index < -0.39 is 0 Å². The van der Waals surface area contributed by atoms with Gasteiger partial charge in [-0.1, -0.05) is 18.2 Å². The maximum atomic E-state index is 12.8. The average molecular weight is 357 g/mol. The first kappa shape index (κ1) is 18.4. The van der Waals surface area contributed by atoms with E-state index in [-0.39, 0.29) is 23.9 Å². The summed E-state index contributed by atoms with van der Waals surface area (Å²) >= 11 is 0. The smallest absolute Gasteiger partial charge is 0.272 e. The maximum absolute atomic E-state index is 12.8. The molecule has 2 atom stereocenters. The van der Waals surface area contributed by atoms with Gasteiger partial charge < -0.3 is 16.0 Å². The fraction of sp³-hybridized carbons (Fsp3) is 0.526. The Morgan fingerprint density at radius 3 is 2.85 bits per heavy atom. The number of amides is 2. The zero-order chi connectivity index (χ0) is 18.7. The summed E-state index contributed by atoms with van der Waals surface area (Å²) in [5.41, 5.74) is 1.46. The Balaban J connectivity index is 1.64. The molecule has 3 N–H and O–H groups in total. The molecular formula is C19H27N5O2. The third-order valence-electron chi connectivity index (χ3n) is 4.74. The number of rotatable bonds is 6. The number of aromatic nitrogens is 2. The average Bonchev–Trinajstić information content (AvgIpc) is 3.19. The normalized spacial score (nSPS) is 19.8. The van der Waals surface area contributed by atoms with Crippen LogP contribution in [0.3, 0.4) is 0 Å². The Hall–Kier alpha value is -2.41. The molecule has 140 valence electrons. The molecule has 0 radical (unpaired) electrons. The molecule has 1 fully saturated rings. The van der Waals surface area contributed by atoms with E-state index in [1.165, 1.54) is 6.92 Å². The van der Waals surface area contributed by atoms with Crippen LogP contribution in [0.1, 0.15) is 50.1 Å². The number of para-hydroxylation sites is 1. The highest BCUT2D eigenvalue weighted by Crippen LogP contribution is 2.22. The highest BCUT2D eigenvalue weighted by Gasteiger charge is 2.27. The molecule has 7 nitrogen and oxygen atoms in total. The molecule has 0 bridgehead atoms. The fourth-order valence-electron chi connectivity index (χ4n) is 3.48. The van der Waals surface area contributed by atoms with Crippen molar-refractivity contribution in [1.29, 1.82) is 0 Å². The number of hydrogen-bond donors (Lipinski definition) is 3. The first-order chi connectivity index (χ1) is 12.5. The van der Waals surface area contributed by atoms with E-state index in [0.717, 1.165) is 30.3 Å². The second kappa shape index (κ2) is 7.86. The Labute approximate surface area is 153 Å². The monoisotopic (exact) mass is 357 g/mol. The number of nitrogens with one attached hydrogen (secondary N) is 3. The summed E-state index contributed by atoms with van der Waals surface area (Å²) in [6, 6.07) is 8.40. The number of nitrogens with zero attached hydrogens (tertiary/aromatic N) is 2. The van der Waals surface area contributed by atoms with Gasteiger partial charge in [-0.25, -0.2) is 0 Å². The molecule has 1 saturated heterocycles. The molecule has 26 heavy (non-hydrogen) atoms. The van der Waals surface area contributed by atoms with Crippen molar-refractivity contribution in [2.24, 2.45) is 0 Å². The quantitative estimate of drug-likeness (QED) is 0.733. The predicted molar refractivity (Wildman–Crippen MR) is 101 cm³/mol. The second-order valence-corrected chi connectivity index (χ2v) is 7.19. The number of carbonyl (C=O) groups excluding carboxylic acids is 2. The van der Waals surface area contributed by atoms with Crippen LogP contribution in [0.4, 0.5) is 0 Å². The number of hydrogen-bond acceptors (Lipinski definition) is 4. The molecule has 2 aromatic rings. The van der Waals surface area contributed by atoms with Crippen molar-refractivity contribution in [1.82, 2.24) is 25.7 Å². The predicted octanol–water partition coefficient (Wildman–Crippen LogP) is 1.60. The molecular weight excluding hydrogens is 330 g/mol. The van der Waals surface area contributed by atoms with Crippen LogP contribution in [-0.2, 0) is 4.79 Å². The lowest BCUT2D eigenvalue weighted by Crippen LogP contribution is -2.36. The number of carbonyl (C=O) groups is 2. The van der Waals surface area contributed by atoms with Crippen LogP contribution in [0.25, 0.3) is 10.9 Å². The van der Waals surface area contributed by atoms with Crippen LogP contribution in [0.15, 0.2) is 24.3 Å². The van der Waals surface area contributed by atoms with Gasteiger partial charge in [0.05, 0.1) is 5.52 Å². The van der Waals surface area contributed by atoms with Gasteiger partial charge in [-0.15, -0.1) is 0 Å². The molecule has 3 rings (SSSR count). The minimum absolute atomic E-state index is 0.0135. The maximum Gasteiger partial charge on any atom is 0.272 e. The third-order valence-corrected chi connectivity index (χ3v) is 4.74. The van der Waals surface area contributed by atoms with Crippen LogP contribution in [-0.4, -0.2) is 46.8 Å². The molecule has 2 heterocycles. The van der Waals surface area contributed by atoms with Crippen molar-refractivity contribution in [3.8, 4) is 0 Å². The van der Waals surface area contributed by atoms with Gasteiger partial charge >= 0.3 is 0 Å². The SMILES string of the molecule is CC(=O)NCC[C@@H]1C[C@H](NC(=O)c2nn(C(C)C)c3ccccc23)CN1. The highest BCUT2D eigenvalue weighted by molar-refractivity contribution is 6.05. The van der Waals surface area contributed by atoms with E-state index >= 15 is 0 Å². The third kappa shape index (κ3) is 4.04. The van der Waals surface area contributed by atoms with E-state index in [1.807, 2.05) is 28.9 Å². The second-order valence-electron chi connectivity index (χ2n) is 7.19. The molecule has 7 heteroatoms. The summed E-state index contributed by atoms with van der Waals surface area (Å²) in [5, 5.41) is 14.8. The lowest BCUT2D eigenvalue weighted by Gasteiger charge is -2.12. The molecule has 0 aliphatic carbocycles. The molecule has 0 saturated carbocycles. The summed E-state index contributed by atoms with van der Waals surface area (Å²) in [6.07, 6.45) is 1.71. The first-order valence-electron chi connectivity index (χ1n) is 9.21. The standard InChI is InChI=1S/C19H27N5O2/c1-12(2)24-17-7-5-4-6-16(17)18(23-24)19(26)22-15-10-14(21-11-15)8-9-20-13(3)25/h4-7,12,14-15,21H,8-11H2,1-3H3,(H,20,25)(H,22,26)/t14-,15+/m1/s1. The molecule has 2 amide bonds. The Kier molecular flexibility index (Phi) is 5.56. The first-order valence-corrected chi connectivity index (χ1v) is 9.21. The van der Waals surface area contributed by atoms with E-state index in [1.54, 1.807) is 0 Å². The van der Waals surface area contributed by atoms with Crippen LogP contribution >= 0.6 is 0 Å². The minimum atomic E-state index is -0.130. The summed E-state index contributed by atoms with van der Waals surface area (Å²) in [7, 11) is 0. The van der Waals surface area contributed by atoms with Crippen LogP contribution in [0, 0.1) is 0 Å². The summed E-state index contributed by atoms with van der Waals surface area (Å²) in [4.78, 5) is 23.7. The van der Waals surface area contributed by atoms with Crippen molar-refractivity contribution in [3.05, 3.63) is 30.0 Å². The van der Waals surface area contributed by atoms with Gasteiger partial charge in [0.25, 0.3) is 5.91 Å². The Bertz CT molecular complexity index is 798. The summed E-state index contributed by atoms with van der Waals surface area (Å²) in [5.74, 6) is -0.143. The van der Waals surface area contributed by atoms with Crippen molar-refractivity contribution in [2.75, 3.05) is 13.1 Å². The van der Waals surface area contributed by atoms with Crippen molar-refractivity contribution >= 4 is 22.7 Å². The van der Waals surface area contributed by atoms with Gasteiger partial charge in [-0.05, 0) is 32.8 Å². The Morgan fingerprint density at radius 1 is 1.35 bits per heavy atom. The van der Waals surface area contributed by atoms with Gasteiger partial charge in [0.15, 0.2) is 5.69 Å². The highest BCUT2D eigenvalue weighted by atomic mass is 16.2. The molecule has 1 aromatic carbocycles. The van der Waals surface area contributed by atoms with E-state index in [0.29, 0.717) is 18.3 Å².